The third-order valence-corrected chi connectivity index (χ3v) is 3.09. The van der Waals surface area contributed by atoms with Gasteiger partial charge in [0.05, 0.1) is 13.2 Å². The van der Waals surface area contributed by atoms with Crippen molar-refractivity contribution in [2.75, 3.05) is 26.3 Å². The zero-order valence-electron chi connectivity index (χ0n) is 11.5. The number of nitrogens with zero attached hydrogens (tertiary/aromatic N) is 1. The van der Waals surface area contributed by atoms with Gasteiger partial charge in [-0.2, -0.15) is 0 Å². The summed E-state index contributed by atoms with van der Waals surface area (Å²) in [5, 5.41) is 11.8. The molecule has 2 unspecified atom stereocenters. The van der Waals surface area contributed by atoms with E-state index in [1.807, 2.05) is 13.8 Å². The Morgan fingerprint density at radius 3 is 2.79 bits per heavy atom. The van der Waals surface area contributed by atoms with Gasteiger partial charge in [-0.25, -0.2) is 9.59 Å². The van der Waals surface area contributed by atoms with E-state index >= 15 is 0 Å². The zero-order chi connectivity index (χ0) is 14.4. The summed E-state index contributed by atoms with van der Waals surface area (Å²) in [4.78, 5) is 24.4. The molecule has 1 saturated heterocycles. The SMILES string of the molecule is C=C(C)COCCNC(=O)N1CCC(C)C1C(=O)O. The highest BCUT2D eigenvalue weighted by molar-refractivity contribution is 5.83. The Morgan fingerprint density at radius 2 is 2.21 bits per heavy atom. The lowest BCUT2D eigenvalue weighted by molar-refractivity contribution is -0.142. The Kier molecular flexibility index (Phi) is 5.82. The summed E-state index contributed by atoms with van der Waals surface area (Å²) in [5.41, 5.74) is 0.922. The van der Waals surface area contributed by atoms with Gasteiger partial charge >= 0.3 is 12.0 Å². The van der Waals surface area contributed by atoms with Crippen LogP contribution in [0.15, 0.2) is 12.2 Å². The second kappa shape index (κ2) is 7.13. The first-order chi connectivity index (χ1) is 8.93. The topological polar surface area (TPSA) is 78.9 Å². The molecule has 0 aromatic heterocycles. The molecule has 0 bridgehead atoms. The number of urea groups is 1. The van der Waals surface area contributed by atoms with Gasteiger partial charge in [0.15, 0.2) is 0 Å². The van der Waals surface area contributed by atoms with Crippen LogP contribution in [0.2, 0.25) is 0 Å². The van der Waals surface area contributed by atoms with Crippen LogP contribution in [0.4, 0.5) is 4.79 Å². The van der Waals surface area contributed by atoms with Gasteiger partial charge in [0.25, 0.3) is 0 Å². The summed E-state index contributed by atoms with van der Waals surface area (Å²) in [6.07, 6.45) is 0.719. The number of nitrogens with one attached hydrogen (secondary N) is 1. The van der Waals surface area contributed by atoms with E-state index in [1.54, 1.807) is 0 Å². The summed E-state index contributed by atoms with van der Waals surface area (Å²) >= 11 is 0. The maximum Gasteiger partial charge on any atom is 0.326 e. The van der Waals surface area contributed by atoms with Gasteiger partial charge in [0.2, 0.25) is 0 Å². The van der Waals surface area contributed by atoms with Crippen LogP contribution in [0.1, 0.15) is 20.3 Å². The van der Waals surface area contributed by atoms with Crippen LogP contribution in [0, 0.1) is 5.92 Å². The minimum Gasteiger partial charge on any atom is -0.480 e. The Bertz CT molecular complexity index is 357. The van der Waals surface area contributed by atoms with Crippen molar-refractivity contribution in [1.82, 2.24) is 10.2 Å². The average molecular weight is 270 g/mol. The zero-order valence-corrected chi connectivity index (χ0v) is 11.5. The molecule has 0 saturated carbocycles. The van der Waals surface area contributed by atoms with Crippen molar-refractivity contribution in [2.45, 2.75) is 26.3 Å². The molecule has 2 amide bonds. The summed E-state index contributed by atoms with van der Waals surface area (Å²) in [5.74, 6) is -0.957. The Hall–Kier alpha value is -1.56. The first-order valence-electron chi connectivity index (χ1n) is 6.43. The van der Waals surface area contributed by atoms with Crippen molar-refractivity contribution in [3.05, 3.63) is 12.2 Å². The van der Waals surface area contributed by atoms with Crippen LogP contribution < -0.4 is 5.32 Å². The van der Waals surface area contributed by atoms with Crippen molar-refractivity contribution in [2.24, 2.45) is 5.92 Å². The summed E-state index contributed by atoms with van der Waals surface area (Å²) in [7, 11) is 0. The van der Waals surface area contributed by atoms with E-state index in [0.29, 0.717) is 26.3 Å². The van der Waals surface area contributed by atoms with Crippen molar-refractivity contribution in [1.29, 1.82) is 0 Å². The van der Waals surface area contributed by atoms with Crippen molar-refractivity contribution >= 4 is 12.0 Å². The summed E-state index contributed by atoms with van der Waals surface area (Å²) in [6.45, 7) is 9.12. The second-order valence-electron chi connectivity index (χ2n) is 4.98. The van der Waals surface area contributed by atoms with Crippen LogP contribution in [0.5, 0.6) is 0 Å². The molecule has 1 aliphatic rings. The molecule has 1 fully saturated rings. The lowest BCUT2D eigenvalue weighted by atomic mass is 10.0. The number of likely N-dealkylation sites (tertiary alicyclic amines) is 1. The van der Waals surface area contributed by atoms with E-state index in [2.05, 4.69) is 11.9 Å². The fourth-order valence-electron chi connectivity index (χ4n) is 2.13. The van der Waals surface area contributed by atoms with Gasteiger partial charge in [-0.1, -0.05) is 19.1 Å². The molecule has 1 heterocycles. The van der Waals surface area contributed by atoms with Crippen LogP contribution in [-0.4, -0.2) is 54.4 Å². The number of amides is 2. The first kappa shape index (κ1) is 15.5. The van der Waals surface area contributed by atoms with Gasteiger partial charge in [0.1, 0.15) is 6.04 Å². The van der Waals surface area contributed by atoms with Gasteiger partial charge in [-0.15, -0.1) is 0 Å². The Labute approximate surface area is 113 Å². The minimum atomic E-state index is -0.946. The Balaban J connectivity index is 2.33. The van der Waals surface area contributed by atoms with E-state index in [4.69, 9.17) is 9.84 Å². The van der Waals surface area contributed by atoms with Gasteiger partial charge in [0, 0.05) is 13.1 Å². The maximum absolute atomic E-state index is 11.9. The van der Waals surface area contributed by atoms with Crippen LogP contribution in [0.3, 0.4) is 0 Å². The van der Waals surface area contributed by atoms with Gasteiger partial charge in [-0.05, 0) is 19.3 Å². The highest BCUT2D eigenvalue weighted by atomic mass is 16.5. The third-order valence-electron chi connectivity index (χ3n) is 3.09. The van der Waals surface area contributed by atoms with Crippen LogP contribution in [0.25, 0.3) is 0 Å². The quantitative estimate of drug-likeness (QED) is 0.559. The van der Waals surface area contributed by atoms with Crippen molar-refractivity contribution in [3.8, 4) is 0 Å². The number of hydrogen-bond acceptors (Lipinski definition) is 3. The number of rotatable bonds is 6. The fraction of sp³-hybridized carbons (Fsp3) is 0.692. The summed E-state index contributed by atoms with van der Waals surface area (Å²) < 4.78 is 5.25. The predicted molar refractivity (Wildman–Crippen MR) is 70.9 cm³/mol. The van der Waals surface area contributed by atoms with Gasteiger partial charge in [-0.3, -0.25) is 0 Å². The fourth-order valence-corrected chi connectivity index (χ4v) is 2.13. The Morgan fingerprint density at radius 1 is 1.53 bits per heavy atom. The summed E-state index contributed by atoms with van der Waals surface area (Å²) in [6, 6.07) is -1.06. The molecule has 0 aromatic rings. The molecule has 0 aromatic carbocycles. The average Bonchev–Trinajstić information content (AvgIpc) is 2.70. The van der Waals surface area contributed by atoms with Crippen molar-refractivity contribution < 1.29 is 19.4 Å². The number of carboxylic acids is 1. The highest BCUT2D eigenvalue weighted by Crippen LogP contribution is 2.23. The maximum atomic E-state index is 11.9. The molecule has 0 radical (unpaired) electrons. The second-order valence-corrected chi connectivity index (χ2v) is 4.98. The monoisotopic (exact) mass is 270 g/mol. The smallest absolute Gasteiger partial charge is 0.326 e. The number of hydrogen-bond donors (Lipinski definition) is 2. The van der Waals surface area contributed by atoms with E-state index < -0.39 is 12.0 Å². The third kappa shape index (κ3) is 4.55. The number of carboxylic acid groups (broad SMARTS) is 1. The number of carbonyl (C=O) groups excluding carboxylic acids is 1. The number of carbonyl (C=O) groups is 2. The van der Waals surface area contributed by atoms with Crippen LogP contribution >= 0.6 is 0 Å². The lowest BCUT2D eigenvalue weighted by Crippen LogP contribution is -2.48. The predicted octanol–water partition coefficient (Wildman–Crippen LogP) is 1.08. The van der Waals surface area contributed by atoms with E-state index in [0.717, 1.165) is 12.0 Å². The highest BCUT2D eigenvalue weighted by Gasteiger charge is 2.39. The number of aliphatic carboxylic acids is 1. The molecule has 1 rings (SSSR count). The first-order valence-corrected chi connectivity index (χ1v) is 6.43. The molecular weight excluding hydrogens is 248 g/mol. The molecule has 6 heteroatoms. The molecule has 2 atom stereocenters. The van der Waals surface area contributed by atoms with E-state index in [1.165, 1.54) is 4.90 Å². The minimum absolute atomic E-state index is 0.0112. The molecule has 2 N–H and O–H groups in total. The molecular formula is C13H22N2O4. The molecule has 108 valence electrons. The molecule has 0 spiro atoms. The largest absolute Gasteiger partial charge is 0.480 e. The van der Waals surface area contributed by atoms with Crippen molar-refractivity contribution in [3.63, 3.8) is 0 Å². The molecule has 6 nitrogen and oxygen atoms in total. The lowest BCUT2D eigenvalue weighted by Gasteiger charge is -2.23. The van der Waals surface area contributed by atoms with Gasteiger partial charge < -0.3 is 20.1 Å². The normalized spacial score (nSPS) is 22.3. The van der Waals surface area contributed by atoms with E-state index in [-0.39, 0.29) is 11.9 Å². The standard InChI is InChI=1S/C13H22N2O4/c1-9(2)8-19-7-5-14-13(18)15-6-4-10(3)11(15)12(16)17/h10-11H,1,4-8H2,2-3H3,(H,14,18)(H,16,17). The molecule has 0 aliphatic carbocycles. The molecule has 19 heavy (non-hydrogen) atoms. The van der Waals surface area contributed by atoms with E-state index in [9.17, 15) is 9.59 Å². The van der Waals surface area contributed by atoms with Crippen LogP contribution in [-0.2, 0) is 9.53 Å². The number of ether oxygens (including phenoxy) is 1. The molecule has 1 aliphatic heterocycles.